The van der Waals surface area contributed by atoms with Crippen molar-refractivity contribution in [3.8, 4) is 11.5 Å². The van der Waals surface area contributed by atoms with E-state index >= 15 is 0 Å². The molecule has 1 aromatic rings. The molecule has 0 saturated carbocycles. The van der Waals surface area contributed by atoms with Gasteiger partial charge in [-0.25, -0.2) is 0 Å². The third-order valence-electron chi connectivity index (χ3n) is 3.53. The summed E-state index contributed by atoms with van der Waals surface area (Å²) in [5.74, 6) is 1.85. The first kappa shape index (κ1) is 11.7. The molecule has 0 radical (unpaired) electrons. The Bertz CT molecular complexity index is 442. The molecule has 2 heterocycles. The highest BCUT2D eigenvalue weighted by Gasteiger charge is 2.25. The Balaban J connectivity index is 1.97. The molecular weight excluding hydrogens is 228 g/mol. The fourth-order valence-corrected chi connectivity index (χ4v) is 2.53. The Morgan fingerprint density at radius 1 is 1.22 bits per heavy atom. The lowest BCUT2D eigenvalue weighted by atomic mass is 10.1. The largest absolute Gasteiger partial charge is 0.484 e. The van der Waals surface area contributed by atoms with Gasteiger partial charge in [0.2, 0.25) is 0 Å². The second kappa shape index (κ2) is 4.69. The van der Waals surface area contributed by atoms with E-state index in [0.717, 1.165) is 43.2 Å². The molecule has 1 unspecified atom stereocenters. The molecule has 0 bridgehead atoms. The molecule has 0 spiro atoms. The number of piperazine rings is 1. The number of benzene rings is 1. The smallest absolute Gasteiger partial charge is 0.184 e. The number of fused-ring (bicyclic) bond motifs is 1. The molecular formula is C14H20N2O2. The third kappa shape index (κ3) is 2.01. The standard InChI is InChI=1S/C14H20N2O2/c1-10-3-4-12(16-7-5-15-6-8-16)14-13(10)18-11(2)9-17-14/h3-4,11,15H,5-9H2,1-2H3. The summed E-state index contributed by atoms with van der Waals surface area (Å²) < 4.78 is 11.8. The Kier molecular flexibility index (Phi) is 3.04. The van der Waals surface area contributed by atoms with Crippen LogP contribution in [0, 0.1) is 6.92 Å². The lowest BCUT2D eigenvalue weighted by molar-refractivity contribution is 0.103. The van der Waals surface area contributed by atoms with Gasteiger partial charge >= 0.3 is 0 Å². The van der Waals surface area contributed by atoms with Gasteiger partial charge in [0.05, 0.1) is 5.69 Å². The molecule has 1 saturated heterocycles. The van der Waals surface area contributed by atoms with Crippen molar-refractivity contribution in [2.24, 2.45) is 0 Å². The Labute approximate surface area is 108 Å². The fraction of sp³-hybridized carbons (Fsp3) is 0.571. The van der Waals surface area contributed by atoms with Crippen molar-refractivity contribution in [1.29, 1.82) is 0 Å². The quantitative estimate of drug-likeness (QED) is 0.818. The van der Waals surface area contributed by atoms with Crippen LogP contribution in [0.2, 0.25) is 0 Å². The molecule has 0 aromatic heterocycles. The van der Waals surface area contributed by atoms with E-state index < -0.39 is 0 Å². The normalized spacial score (nSPS) is 23.0. The van der Waals surface area contributed by atoms with Gasteiger partial charge in [-0.15, -0.1) is 0 Å². The first-order valence-corrected chi connectivity index (χ1v) is 6.64. The Hall–Kier alpha value is -1.42. The molecule has 3 rings (SSSR count). The van der Waals surface area contributed by atoms with Crippen LogP contribution in [0.3, 0.4) is 0 Å². The number of aryl methyl sites for hydroxylation is 1. The highest BCUT2D eigenvalue weighted by Crippen LogP contribution is 2.43. The SMILES string of the molecule is Cc1ccc(N2CCNCC2)c2c1OC(C)CO2. The molecule has 18 heavy (non-hydrogen) atoms. The van der Waals surface area contributed by atoms with E-state index in [1.807, 2.05) is 6.92 Å². The third-order valence-corrected chi connectivity index (χ3v) is 3.53. The van der Waals surface area contributed by atoms with Gasteiger partial charge in [-0.3, -0.25) is 0 Å². The molecule has 0 aliphatic carbocycles. The minimum absolute atomic E-state index is 0.134. The van der Waals surface area contributed by atoms with Crippen molar-refractivity contribution in [3.05, 3.63) is 17.7 Å². The van der Waals surface area contributed by atoms with Crippen LogP contribution in [-0.4, -0.2) is 38.9 Å². The summed E-state index contributed by atoms with van der Waals surface area (Å²) in [6, 6.07) is 4.27. The lowest BCUT2D eigenvalue weighted by Crippen LogP contribution is -2.44. The predicted octanol–water partition coefficient (Wildman–Crippen LogP) is 1.56. The molecule has 4 nitrogen and oxygen atoms in total. The minimum atomic E-state index is 0.134. The maximum Gasteiger partial charge on any atom is 0.184 e. The van der Waals surface area contributed by atoms with E-state index in [2.05, 4.69) is 29.3 Å². The second-order valence-corrected chi connectivity index (χ2v) is 5.04. The zero-order valence-electron chi connectivity index (χ0n) is 11.0. The number of hydrogen-bond acceptors (Lipinski definition) is 4. The highest BCUT2D eigenvalue weighted by atomic mass is 16.6. The average molecular weight is 248 g/mol. The number of ether oxygens (including phenoxy) is 2. The number of hydrogen-bond donors (Lipinski definition) is 1. The summed E-state index contributed by atoms with van der Waals surface area (Å²) in [6.07, 6.45) is 0.134. The first-order valence-electron chi connectivity index (χ1n) is 6.64. The van der Waals surface area contributed by atoms with Crippen molar-refractivity contribution in [3.63, 3.8) is 0 Å². The number of nitrogens with one attached hydrogen (secondary N) is 1. The summed E-state index contributed by atoms with van der Waals surface area (Å²) >= 11 is 0. The van der Waals surface area contributed by atoms with E-state index in [1.54, 1.807) is 0 Å². The van der Waals surface area contributed by atoms with Gasteiger partial charge in [0, 0.05) is 26.2 Å². The van der Waals surface area contributed by atoms with Gasteiger partial charge < -0.3 is 19.7 Å². The molecule has 0 amide bonds. The molecule has 1 N–H and O–H groups in total. The van der Waals surface area contributed by atoms with Crippen LogP contribution in [0.15, 0.2) is 12.1 Å². The molecule has 2 aliphatic rings. The monoisotopic (exact) mass is 248 g/mol. The van der Waals surface area contributed by atoms with Crippen LogP contribution >= 0.6 is 0 Å². The fourth-order valence-electron chi connectivity index (χ4n) is 2.53. The summed E-state index contributed by atoms with van der Waals surface area (Å²) in [5, 5.41) is 3.37. The lowest BCUT2D eigenvalue weighted by Gasteiger charge is -2.34. The molecule has 1 fully saturated rings. The van der Waals surface area contributed by atoms with Crippen LogP contribution in [0.5, 0.6) is 11.5 Å². The van der Waals surface area contributed by atoms with Crippen molar-refractivity contribution < 1.29 is 9.47 Å². The zero-order valence-corrected chi connectivity index (χ0v) is 11.0. The van der Waals surface area contributed by atoms with Gasteiger partial charge in [0.1, 0.15) is 12.7 Å². The summed E-state index contributed by atoms with van der Waals surface area (Å²) in [4.78, 5) is 2.37. The number of nitrogens with zero attached hydrogens (tertiary/aromatic N) is 1. The number of rotatable bonds is 1. The molecule has 4 heteroatoms. The van der Waals surface area contributed by atoms with Crippen LogP contribution in [0.4, 0.5) is 5.69 Å². The van der Waals surface area contributed by atoms with E-state index in [1.165, 1.54) is 5.69 Å². The second-order valence-electron chi connectivity index (χ2n) is 5.04. The Morgan fingerprint density at radius 3 is 2.78 bits per heavy atom. The van der Waals surface area contributed by atoms with E-state index in [0.29, 0.717) is 6.61 Å². The molecule has 2 aliphatic heterocycles. The predicted molar refractivity (Wildman–Crippen MR) is 71.8 cm³/mol. The first-order chi connectivity index (χ1) is 8.75. The summed E-state index contributed by atoms with van der Waals surface area (Å²) in [5.41, 5.74) is 2.32. The topological polar surface area (TPSA) is 33.7 Å². The van der Waals surface area contributed by atoms with E-state index in [-0.39, 0.29) is 6.10 Å². The maximum absolute atomic E-state index is 5.93. The van der Waals surface area contributed by atoms with Crippen LogP contribution in [0.25, 0.3) is 0 Å². The summed E-state index contributed by atoms with van der Waals surface area (Å²) in [6.45, 7) is 8.85. The molecule has 1 atom stereocenters. The van der Waals surface area contributed by atoms with Crippen molar-refractivity contribution >= 4 is 5.69 Å². The molecule has 1 aromatic carbocycles. The van der Waals surface area contributed by atoms with Gasteiger partial charge in [-0.2, -0.15) is 0 Å². The maximum atomic E-state index is 5.93. The van der Waals surface area contributed by atoms with Crippen LogP contribution in [-0.2, 0) is 0 Å². The number of anilines is 1. The van der Waals surface area contributed by atoms with Crippen LogP contribution in [0.1, 0.15) is 12.5 Å². The van der Waals surface area contributed by atoms with Gasteiger partial charge in [-0.1, -0.05) is 6.07 Å². The van der Waals surface area contributed by atoms with Crippen molar-refractivity contribution in [2.45, 2.75) is 20.0 Å². The van der Waals surface area contributed by atoms with Gasteiger partial charge in [0.15, 0.2) is 11.5 Å². The molecule has 98 valence electrons. The minimum Gasteiger partial charge on any atom is -0.484 e. The highest BCUT2D eigenvalue weighted by molar-refractivity contribution is 5.67. The van der Waals surface area contributed by atoms with Gasteiger partial charge in [-0.05, 0) is 25.5 Å². The zero-order chi connectivity index (χ0) is 12.5. The summed E-state index contributed by atoms with van der Waals surface area (Å²) in [7, 11) is 0. The van der Waals surface area contributed by atoms with Crippen LogP contribution < -0.4 is 19.7 Å². The van der Waals surface area contributed by atoms with E-state index in [9.17, 15) is 0 Å². The van der Waals surface area contributed by atoms with Crippen molar-refractivity contribution in [1.82, 2.24) is 5.32 Å². The van der Waals surface area contributed by atoms with Crippen molar-refractivity contribution in [2.75, 3.05) is 37.7 Å². The average Bonchev–Trinajstić information content (AvgIpc) is 2.41. The Morgan fingerprint density at radius 2 is 2.00 bits per heavy atom. The van der Waals surface area contributed by atoms with Gasteiger partial charge in [0.25, 0.3) is 0 Å². The van der Waals surface area contributed by atoms with E-state index in [4.69, 9.17) is 9.47 Å².